The van der Waals surface area contributed by atoms with Crippen molar-refractivity contribution in [2.75, 3.05) is 0 Å². The van der Waals surface area contributed by atoms with Gasteiger partial charge in [-0.05, 0) is 35.6 Å². The molecule has 21 heavy (non-hydrogen) atoms. The molecule has 0 aromatic heterocycles. The maximum Gasteiger partial charge on any atom is 0.311 e. The van der Waals surface area contributed by atoms with Gasteiger partial charge in [0.1, 0.15) is 11.5 Å². The highest BCUT2D eigenvalue weighted by atomic mass is 16.4. The summed E-state index contributed by atoms with van der Waals surface area (Å²) < 4.78 is 0. The van der Waals surface area contributed by atoms with Gasteiger partial charge in [0.15, 0.2) is 0 Å². The molecule has 0 aliphatic carbocycles. The minimum absolute atomic E-state index is 0.0459. The Hall–Kier alpha value is -2.49. The topological polar surface area (TPSA) is 77.8 Å². The number of phenols is 2. The van der Waals surface area contributed by atoms with Crippen LogP contribution < -0.4 is 0 Å². The molecule has 0 spiro atoms. The molecule has 3 N–H and O–H groups in total. The van der Waals surface area contributed by atoms with E-state index >= 15 is 0 Å². The molecule has 0 fully saturated rings. The zero-order valence-corrected chi connectivity index (χ0v) is 11.8. The Labute approximate surface area is 123 Å². The molecule has 0 heterocycles. The maximum atomic E-state index is 11.5. The van der Waals surface area contributed by atoms with E-state index in [1.807, 2.05) is 31.2 Å². The number of aryl methyl sites for hydroxylation is 1. The Morgan fingerprint density at radius 3 is 2.29 bits per heavy atom. The Morgan fingerprint density at radius 1 is 1.10 bits per heavy atom. The van der Waals surface area contributed by atoms with Gasteiger partial charge in [0.05, 0.1) is 5.92 Å². The van der Waals surface area contributed by atoms with Gasteiger partial charge in [0, 0.05) is 6.07 Å². The van der Waals surface area contributed by atoms with Gasteiger partial charge >= 0.3 is 5.97 Å². The third-order valence-corrected chi connectivity index (χ3v) is 3.58. The molecule has 110 valence electrons. The number of carboxylic acid groups (broad SMARTS) is 1. The molecule has 1 atom stereocenters. The van der Waals surface area contributed by atoms with Crippen molar-refractivity contribution in [2.24, 2.45) is 0 Å². The quantitative estimate of drug-likeness (QED) is 0.789. The van der Waals surface area contributed by atoms with E-state index in [-0.39, 0.29) is 17.9 Å². The molecular formula is C17H18O4. The molecule has 0 bridgehead atoms. The van der Waals surface area contributed by atoms with Crippen molar-refractivity contribution < 1.29 is 20.1 Å². The standard InChI is InChI=1S/C17H18O4/c1-2-11-3-5-12(6-4-11)15(17(20)21)9-13-7-8-14(18)10-16(13)19/h3-8,10,15,18-19H,2,9H2,1H3,(H,20,21). The lowest BCUT2D eigenvalue weighted by molar-refractivity contribution is -0.138. The molecule has 1 unspecified atom stereocenters. The Kier molecular flexibility index (Phi) is 4.48. The van der Waals surface area contributed by atoms with Crippen molar-refractivity contribution in [2.45, 2.75) is 25.7 Å². The number of phenolic OH excluding ortho intramolecular Hbond substituents is 2. The number of hydrogen-bond donors (Lipinski definition) is 3. The van der Waals surface area contributed by atoms with Gasteiger partial charge in [-0.3, -0.25) is 4.79 Å². The molecule has 0 saturated heterocycles. The van der Waals surface area contributed by atoms with Gasteiger partial charge in [-0.15, -0.1) is 0 Å². The second-order valence-electron chi connectivity index (χ2n) is 5.00. The summed E-state index contributed by atoms with van der Waals surface area (Å²) in [6, 6.07) is 11.7. The number of aromatic hydroxyl groups is 2. The van der Waals surface area contributed by atoms with Crippen molar-refractivity contribution in [3.8, 4) is 11.5 Å². The second-order valence-corrected chi connectivity index (χ2v) is 5.00. The normalized spacial score (nSPS) is 12.0. The second kappa shape index (κ2) is 6.31. The SMILES string of the molecule is CCc1ccc(C(Cc2ccc(O)cc2O)C(=O)O)cc1. The molecule has 0 saturated carbocycles. The third-order valence-electron chi connectivity index (χ3n) is 3.58. The van der Waals surface area contributed by atoms with E-state index in [4.69, 9.17) is 0 Å². The molecule has 0 radical (unpaired) electrons. The summed E-state index contributed by atoms with van der Waals surface area (Å²) in [5, 5.41) is 28.5. The summed E-state index contributed by atoms with van der Waals surface area (Å²) in [7, 11) is 0. The molecule has 0 aliphatic heterocycles. The average molecular weight is 286 g/mol. The van der Waals surface area contributed by atoms with Crippen LogP contribution in [0.15, 0.2) is 42.5 Å². The van der Waals surface area contributed by atoms with Crippen molar-refractivity contribution in [1.82, 2.24) is 0 Å². The van der Waals surface area contributed by atoms with Gasteiger partial charge in [0.2, 0.25) is 0 Å². The number of hydrogen-bond acceptors (Lipinski definition) is 3. The Balaban J connectivity index is 2.28. The number of carbonyl (C=O) groups is 1. The summed E-state index contributed by atoms with van der Waals surface area (Å²) in [6.45, 7) is 2.04. The zero-order chi connectivity index (χ0) is 15.4. The fourth-order valence-corrected chi connectivity index (χ4v) is 2.28. The average Bonchev–Trinajstić information content (AvgIpc) is 2.46. The minimum atomic E-state index is -0.938. The van der Waals surface area contributed by atoms with Crippen LogP contribution in [0.5, 0.6) is 11.5 Å². The van der Waals surface area contributed by atoms with Crippen molar-refractivity contribution in [3.63, 3.8) is 0 Å². The molecular weight excluding hydrogens is 268 g/mol. The molecule has 4 nitrogen and oxygen atoms in total. The summed E-state index contributed by atoms with van der Waals surface area (Å²) in [6.07, 6.45) is 1.07. The first-order valence-electron chi connectivity index (χ1n) is 6.83. The van der Waals surface area contributed by atoms with Crippen LogP contribution in [-0.4, -0.2) is 21.3 Å². The molecule has 2 aromatic carbocycles. The van der Waals surface area contributed by atoms with Crippen LogP contribution in [0.3, 0.4) is 0 Å². The number of carboxylic acids is 1. The molecule has 4 heteroatoms. The van der Waals surface area contributed by atoms with E-state index < -0.39 is 11.9 Å². The predicted octanol–water partition coefficient (Wildman–Crippen LogP) is 3.07. The Morgan fingerprint density at radius 2 is 1.76 bits per heavy atom. The first-order valence-corrected chi connectivity index (χ1v) is 6.83. The number of aliphatic carboxylic acids is 1. The highest BCUT2D eigenvalue weighted by molar-refractivity contribution is 5.76. The van der Waals surface area contributed by atoms with Gasteiger partial charge in [-0.25, -0.2) is 0 Å². The van der Waals surface area contributed by atoms with Crippen LogP contribution in [0.2, 0.25) is 0 Å². The van der Waals surface area contributed by atoms with E-state index in [9.17, 15) is 20.1 Å². The maximum absolute atomic E-state index is 11.5. The van der Waals surface area contributed by atoms with E-state index in [0.717, 1.165) is 12.0 Å². The smallest absolute Gasteiger partial charge is 0.311 e. The van der Waals surface area contributed by atoms with Gasteiger partial charge in [-0.1, -0.05) is 37.3 Å². The number of benzene rings is 2. The van der Waals surface area contributed by atoms with E-state index in [0.29, 0.717) is 11.1 Å². The molecule has 0 amide bonds. The largest absolute Gasteiger partial charge is 0.508 e. The van der Waals surface area contributed by atoms with E-state index in [2.05, 4.69) is 0 Å². The first-order chi connectivity index (χ1) is 10.0. The highest BCUT2D eigenvalue weighted by Gasteiger charge is 2.21. The van der Waals surface area contributed by atoms with Crippen molar-refractivity contribution in [1.29, 1.82) is 0 Å². The van der Waals surface area contributed by atoms with Crippen molar-refractivity contribution in [3.05, 3.63) is 59.2 Å². The highest BCUT2D eigenvalue weighted by Crippen LogP contribution is 2.29. The summed E-state index contributed by atoms with van der Waals surface area (Å²) in [5.41, 5.74) is 2.35. The van der Waals surface area contributed by atoms with Gasteiger partial charge in [-0.2, -0.15) is 0 Å². The summed E-state index contributed by atoms with van der Waals surface area (Å²) in [4.78, 5) is 11.5. The van der Waals surface area contributed by atoms with Crippen LogP contribution in [0.25, 0.3) is 0 Å². The number of rotatable bonds is 5. The predicted molar refractivity (Wildman–Crippen MR) is 79.7 cm³/mol. The van der Waals surface area contributed by atoms with E-state index in [1.54, 1.807) is 6.07 Å². The Bertz CT molecular complexity index is 632. The fraction of sp³-hybridized carbons (Fsp3) is 0.235. The van der Waals surface area contributed by atoms with Crippen LogP contribution in [0.4, 0.5) is 0 Å². The van der Waals surface area contributed by atoms with Crippen LogP contribution >= 0.6 is 0 Å². The lowest BCUT2D eigenvalue weighted by atomic mass is 9.91. The lowest BCUT2D eigenvalue weighted by Gasteiger charge is -2.14. The lowest BCUT2D eigenvalue weighted by Crippen LogP contribution is -2.14. The van der Waals surface area contributed by atoms with Crippen molar-refractivity contribution >= 4 is 5.97 Å². The van der Waals surface area contributed by atoms with E-state index in [1.165, 1.54) is 12.1 Å². The van der Waals surface area contributed by atoms with Crippen LogP contribution in [0, 0.1) is 0 Å². The van der Waals surface area contributed by atoms with Crippen LogP contribution in [-0.2, 0) is 17.6 Å². The molecule has 0 aliphatic rings. The van der Waals surface area contributed by atoms with Gasteiger partial charge in [0.25, 0.3) is 0 Å². The van der Waals surface area contributed by atoms with Crippen LogP contribution in [0.1, 0.15) is 29.5 Å². The fourth-order valence-electron chi connectivity index (χ4n) is 2.28. The molecule has 2 rings (SSSR count). The monoisotopic (exact) mass is 286 g/mol. The minimum Gasteiger partial charge on any atom is -0.508 e. The first kappa shape index (κ1) is 14.9. The molecule has 2 aromatic rings. The van der Waals surface area contributed by atoms with Gasteiger partial charge < -0.3 is 15.3 Å². The third kappa shape index (κ3) is 3.54. The zero-order valence-electron chi connectivity index (χ0n) is 11.8. The summed E-state index contributed by atoms with van der Waals surface area (Å²) >= 11 is 0. The summed E-state index contributed by atoms with van der Waals surface area (Å²) in [5.74, 6) is -1.81.